The van der Waals surface area contributed by atoms with Crippen molar-refractivity contribution < 1.29 is 28.6 Å². The first-order valence-corrected chi connectivity index (χ1v) is 18.5. The maximum atomic E-state index is 13.7. The molecule has 0 radical (unpaired) electrons. The van der Waals surface area contributed by atoms with Crippen molar-refractivity contribution in [2.24, 2.45) is 0 Å². The van der Waals surface area contributed by atoms with Crippen LogP contribution in [0.15, 0.2) is 42.7 Å². The van der Waals surface area contributed by atoms with E-state index in [0.29, 0.717) is 60.4 Å². The SMILES string of the molecule is CNC(=O)c1cc(C(=O)Nc2ncc(C#CC(C)(C)OC)cc2C)c(C)cc1O[C@H](CN1CCN(C(=O)OC(C)(C)C)[C@H](C)C1)c1ccc(C2CC2)cn1. The normalized spacial score (nSPS) is 16.9. The van der Waals surface area contributed by atoms with Crippen LogP contribution in [0.25, 0.3) is 0 Å². The molecular weight excluding hydrogens is 684 g/mol. The first kappa shape index (κ1) is 40.2. The Labute approximate surface area is 319 Å². The van der Waals surface area contributed by atoms with Gasteiger partial charge in [-0.1, -0.05) is 17.9 Å². The lowest BCUT2D eigenvalue weighted by Crippen LogP contribution is -2.55. The van der Waals surface area contributed by atoms with E-state index in [1.54, 1.807) is 44.3 Å². The van der Waals surface area contributed by atoms with Crippen LogP contribution in [0.5, 0.6) is 5.75 Å². The summed E-state index contributed by atoms with van der Waals surface area (Å²) in [6, 6.07) is 9.15. The van der Waals surface area contributed by atoms with Gasteiger partial charge in [0.15, 0.2) is 6.10 Å². The number of hydrogen-bond acceptors (Lipinski definition) is 9. The third kappa shape index (κ3) is 10.4. The van der Waals surface area contributed by atoms with E-state index < -0.39 is 29.1 Å². The maximum absolute atomic E-state index is 13.7. The number of nitrogens with zero attached hydrogens (tertiary/aromatic N) is 4. The molecule has 1 saturated heterocycles. The number of pyridine rings is 2. The summed E-state index contributed by atoms with van der Waals surface area (Å²) in [6.45, 7) is 17.2. The zero-order valence-corrected chi connectivity index (χ0v) is 33.3. The van der Waals surface area contributed by atoms with E-state index in [1.807, 2.05) is 66.8 Å². The first-order valence-electron chi connectivity index (χ1n) is 18.5. The number of carbonyl (C=O) groups excluding carboxylic acids is 3. The zero-order chi connectivity index (χ0) is 39.4. The van der Waals surface area contributed by atoms with Gasteiger partial charge in [0.05, 0.1) is 11.3 Å². The van der Waals surface area contributed by atoms with Crippen LogP contribution in [0, 0.1) is 25.7 Å². The molecule has 2 N–H and O–H groups in total. The molecule has 0 spiro atoms. The Balaban J connectivity index is 1.39. The number of piperazine rings is 1. The molecule has 3 aromatic rings. The molecule has 1 aliphatic heterocycles. The van der Waals surface area contributed by atoms with Gasteiger partial charge in [-0.25, -0.2) is 9.78 Å². The number of benzene rings is 1. The molecule has 5 rings (SSSR count). The van der Waals surface area contributed by atoms with Crippen molar-refractivity contribution in [2.45, 2.75) is 97.5 Å². The molecule has 12 nitrogen and oxygen atoms in total. The Morgan fingerprint density at radius 1 is 0.963 bits per heavy atom. The molecule has 0 bridgehead atoms. The summed E-state index contributed by atoms with van der Waals surface area (Å²) < 4.78 is 17.8. The van der Waals surface area contributed by atoms with Crippen LogP contribution < -0.4 is 15.4 Å². The standard InChI is InChI=1S/C42H54N6O6/c1-26-20-35(33(38(49)43-9)21-32(26)39(50)46-37-27(2)19-29(22-45-37)15-16-42(7,8)52-10)53-36(34-14-13-31(23-44-34)30-11-12-30)25-47-17-18-48(28(3)24-47)40(51)54-41(4,5)6/h13-14,19-23,28,30,36H,11-12,17-18,24-25H2,1-10H3,(H,43,49)(H,45,46,50)/t28-,36-/m1/s1. The third-order valence-corrected chi connectivity index (χ3v) is 9.59. The second-order valence-corrected chi connectivity index (χ2v) is 15.7. The minimum absolute atomic E-state index is 0.0917. The molecule has 1 saturated carbocycles. The topological polar surface area (TPSA) is 135 Å². The molecule has 3 heterocycles. The summed E-state index contributed by atoms with van der Waals surface area (Å²) in [5, 5.41) is 5.60. The number of carbonyl (C=O) groups is 3. The number of aromatic nitrogens is 2. The Morgan fingerprint density at radius 2 is 1.70 bits per heavy atom. The highest BCUT2D eigenvalue weighted by Crippen LogP contribution is 2.40. The fraction of sp³-hybridized carbons (Fsp3) is 0.500. The zero-order valence-electron chi connectivity index (χ0n) is 33.3. The van der Waals surface area contributed by atoms with E-state index in [9.17, 15) is 14.4 Å². The van der Waals surface area contributed by atoms with Crippen LogP contribution in [0.4, 0.5) is 10.6 Å². The number of rotatable bonds is 10. The fourth-order valence-electron chi connectivity index (χ4n) is 6.19. The predicted molar refractivity (Wildman–Crippen MR) is 208 cm³/mol. The van der Waals surface area contributed by atoms with Crippen LogP contribution in [0.3, 0.4) is 0 Å². The lowest BCUT2D eigenvalue weighted by Gasteiger charge is -2.41. The van der Waals surface area contributed by atoms with Gasteiger partial charge in [0.25, 0.3) is 11.8 Å². The van der Waals surface area contributed by atoms with Crippen molar-refractivity contribution in [3.05, 3.63) is 81.8 Å². The number of anilines is 1. The molecule has 1 aliphatic carbocycles. The number of hydrogen-bond donors (Lipinski definition) is 2. The Hall–Kier alpha value is -4.99. The number of amides is 3. The number of ether oxygens (including phenoxy) is 3. The van der Waals surface area contributed by atoms with E-state index in [1.165, 1.54) is 18.4 Å². The van der Waals surface area contributed by atoms with E-state index in [-0.39, 0.29) is 17.7 Å². The second-order valence-electron chi connectivity index (χ2n) is 15.7. The number of methoxy groups -OCH3 is 1. The molecule has 2 fully saturated rings. The number of aryl methyl sites for hydroxylation is 2. The molecule has 2 aliphatic rings. The monoisotopic (exact) mass is 738 g/mol. The summed E-state index contributed by atoms with van der Waals surface area (Å²) in [7, 11) is 3.15. The second kappa shape index (κ2) is 16.6. The van der Waals surface area contributed by atoms with Crippen molar-refractivity contribution in [3.63, 3.8) is 0 Å². The molecule has 0 unspecified atom stereocenters. The first-order chi connectivity index (χ1) is 25.5. The van der Waals surface area contributed by atoms with Crippen molar-refractivity contribution in [1.29, 1.82) is 0 Å². The molecule has 288 valence electrons. The van der Waals surface area contributed by atoms with Gasteiger partial charge in [0.1, 0.15) is 22.8 Å². The molecule has 3 amide bonds. The summed E-state index contributed by atoms with van der Waals surface area (Å²) >= 11 is 0. The quantitative estimate of drug-likeness (QED) is 0.226. The van der Waals surface area contributed by atoms with Gasteiger partial charge in [0.2, 0.25) is 0 Å². The minimum Gasteiger partial charge on any atom is -0.482 e. The van der Waals surface area contributed by atoms with E-state index in [4.69, 9.17) is 19.2 Å². The molecular formula is C42H54N6O6. The van der Waals surface area contributed by atoms with E-state index in [0.717, 1.165) is 11.3 Å². The van der Waals surface area contributed by atoms with Gasteiger partial charge in [-0.3, -0.25) is 19.5 Å². The highest BCUT2D eigenvalue weighted by molar-refractivity contribution is 6.07. The van der Waals surface area contributed by atoms with E-state index >= 15 is 0 Å². The summed E-state index contributed by atoms with van der Waals surface area (Å²) in [4.78, 5) is 53.3. The molecule has 54 heavy (non-hydrogen) atoms. The average Bonchev–Trinajstić information content (AvgIpc) is 3.96. The smallest absolute Gasteiger partial charge is 0.410 e. The average molecular weight is 739 g/mol. The van der Waals surface area contributed by atoms with Gasteiger partial charge in [0, 0.05) is 69.9 Å². The largest absolute Gasteiger partial charge is 0.482 e. The minimum atomic E-state index is -0.606. The maximum Gasteiger partial charge on any atom is 0.410 e. The predicted octanol–water partition coefficient (Wildman–Crippen LogP) is 6.42. The van der Waals surface area contributed by atoms with Gasteiger partial charge in [-0.2, -0.15) is 0 Å². The summed E-state index contributed by atoms with van der Waals surface area (Å²) in [5.74, 6) is 6.60. The van der Waals surface area contributed by atoms with Crippen LogP contribution in [-0.4, -0.2) is 95.3 Å². The Bertz CT molecular complexity index is 1920. The number of nitrogens with one attached hydrogen (secondary N) is 2. The lowest BCUT2D eigenvalue weighted by molar-refractivity contribution is -0.00317. The van der Waals surface area contributed by atoms with Gasteiger partial charge >= 0.3 is 6.09 Å². The van der Waals surface area contributed by atoms with Gasteiger partial charge in [-0.15, -0.1) is 0 Å². The van der Waals surface area contributed by atoms with E-state index in [2.05, 4.69) is 38.4 Å². The molecule has 2 aromatic heterocycles. The lowest BCUT2D eigenvalue weighted by atomic mass is 10.0. The summed E-state index contributed by atoms with van der Waals surface area (Å²) in [6.07, 6.45) is 4.97. The highest BCUT2D eigenvalue weighted by atomic mass is 16.6. The van der Waals surface area contributed by atoms with Crippen molar-refractivity contribution >= 4 is 23.7 Å². The van der Waals surface area contributed by atoms with Crippen LogP contribution in [0.1, 0.15) is 115 Å². The fourth-order valence-corrected chi connectivity index (χ4v) is 6.19. The molecule has 1 aromatic carbocycles. The Morgan fingerprint density at radius 3 is 2.30 bits per heavy atom. The van der Waals surface area contributed by atoms with Crippen molar-refractivity contribution in [2.75, 3.05) is 45.7 Å². The third-order valence-electron chi connectivity index (χ3n) is 9.59. The van der Waals surface area contributed by atoms with Gasteiger partial charge < -0.3 is 29.7 Å². The van der Waals surface area contributed by atoms with Crippen molar-refractivity contribution in [3.8, 4) is 17.6 Å². The van der Waals surface area contributed by atoms with Crippen LogP contribution in [0.2, 0.25) is 0 Å². The van der Waals surface area contributed by atoms with Crippen molar-refractivity contribution in [1.82, 2.24) is 25.1 Å². The molecule has 2 atom stereocenters. The summed E-state index contributed by atoms with van der Waals surface area (Å²) in [5.41, 5.74) is 3.32. The highest BCUT2D eigenvalue weighted by Gasteiger charge is 2.33. The molecule has 12 heteroatoms. The Kier molecular flexibility index (Phi) is 12.3. The van der Waals surface area contributed by atoms with Gasteiger partial charge in [-0.05, 0) is 115 Å². The van der Waals surface area contributed by atoms with Crippen LogP contribution in [-0.2, 0) is 9.47 Å². The van der Waals surface area contributed by atoms with Crippen LogP contribution >= 0.6 is 0 Å².